The number of aryl methyl sites for hydroxylation is 1. The highest BCUT2D eigenvalue weighted by Crippen LogP contribution is 2.19. The van der Waals surface area contributed by atoms with E-state index in [9.17, 15) is 14.0 Å². The van der Waals surface area contributed by atoms with Crippen molar-refractivity contribution in [3.8, 4) is 0 Å². The van der Waals surface area contributed by atoms with E-state index in [1.807, 2.05) is 6.92 Å². The van der Waals surface area contributed by atoms with Crippen LogP contribution in [0.2, 0.25) is 0 Å². The summed E-state index contributed by atoms with van der Waals surface area (Å²) in [6.07, 6.45) is 1.98. The molecule has 0 radical (unpaired) electrons. The largest absolute Gasteiger partial charge is 0.348 e. The van der Waals surface area contributed by atoms with Crippen LogP contribution in [0, 0.1) is 12.7 Å². The lowest BCUT2D eigenvalue weighted by Gasteiger charge is -2.24. The van der Waals surface area contributed by atoms with Crippen LogP contribution in [-0.4, -0.2) is 30.9 Å². The summed E-state index contributed by atoms with van der Waals surface area (Å²) < 4.78 is 13.8. The molecule has 0 saturated carbocycles. The Kier molecular flexibility index (Phi) is 5.63. The summed E-state index contributed by atoms with van der Waals surface area (Å²) >= 11 is 0. The first-order chi connectivity index (χ1) is 12.5. The second-order valence-electron chi connectivity index (χ2n) is 6.48. The van der Waals surface area contributed by atoms with Crippen molar-refractivity contribution in [3.05, 3.63) is 65.0 Å². The van der Waals surface area contributed by atoms with E-state index in [0.717, 1.165) is 31.5 Å². The van der Waals surface area contributed by atoms with Crippen molar-refractivity contribution in [2.45, 2.75) is 25.8 Å². The third-order valence-electron chi connectivity index (χ3n) is 4.50. The Morgan fingerprint density at radius 3 is 2.69 bits per heavy atom. The highest BCUT2D eigenvalue weighted by atomic mass is 19.1. The number of nitrogens with one attached hydrogen (secondary N) is 3. The topological polar surface area (TPSA) is 70.2 Å². The minimum absolute atomic E-state index is 0.0324. The van der Waals surface area contributed by atoms with Crippen LogP contribution < -0.4 is 16.0 Å². The van der Waals surface area contributed by atoms with Gasteiger partial charge >= 0.3 is 0 Å². The van der Waals surface area contributed by atoms with Crippen LogP contribution in [0.1, 0.15) is 39.1 Å². The van der Waals surface area contributed by atoms with Gasteiger partial charge in [0.25, 0.3) is 11.8 Å². The summed E-state index contributed by atoms with van der Waals surface area (Å²) in [5, 5.41) is 8.95. The van der Waals surface area contributed by atoms with Crippen LogP contribution >= 0.6 is 0 Å². The fraction of sp³-hybridized carbons (Fsp3) is 0.300. The van der Waals surface area contributed by atoms with E-state index >= 15 is 0 Å². The first-order valence-corrected chi connectivity index (χ1v) is 8.72. The van der Waals surface area contributed by atoms with Gasteiger partial charge in [0.15, 0.2) is 0 Å². The third-order valence-corrected chi connectivity index (χ3v) is 4.50. The molecule has 1 unspecified atom stereocenters. The van der Waals surface area contributed by atoms with Gasteiger partial charge in [-0.05, 0) is 56.1 Å². The van der Waals surface area contributed by atoms with Gasteiger partial charge in [-0.2, -0.15) is 0 Å². The minimum atomic E-state index is -0.582. The number of carbonyl (C=O) groups excluding carboxylic acids is 2. The van der Waals surface area contributed by atoms with Crippen LogP contribution in [0.5, 0.6) is 0 Å². The number of carbonyl (C=O) groups is 2. The molecule has 1 saturated heterocycles. The lowest BCUT2D eigenvalue weighted by Crippen LogP contribution is -2.45. The van der Waals surface area contributed by atoms with Crippen molar-refractivity contribution in [3.63, 3.8) is 0 Å². The maximum Gasteiger partial charge on any atom is 0.258 e. The standard InChI is InChI=1S/C20H22FN3O2/c1-13-8-9-14(19(25)23-15-5-4-10-22-12-15)11-18(13)24-20(26)16-6-2-3-7-17(16)21/h2-3,6-9,11,15,22H,4-5,10,12H2,1H3,(H,23,25)(H,24,26). The van der Waals surface area contributed by atoms with Gasteiger partial charge in [-0.15, -0.1) is 0 Å². The van der Waals surface area contributed by atoms with Crippen LogP contribution in [0.15, 0.2) is 42.5 Å². The predicted molar refractivity (Wildman–Crippen MR) is 98.9 cm³/mol. The summed E-state index contributed by atoms with van der Waals surface area (Å²) in [5.74, 6) is -1.30. The fourth-order valence-corrected chi connectivity index (χ4v) is 2.98. The Morgan fingerprint density at radius 1 is 1.15 bits per heavy atom. The number of anilines is 1. The second kappa shape index (κ2) is 8.10. The molecule has 2 aromatic rings. The van der Waals surface area contributed by atoms with Crippen molar-refractivity contribution in [1.82, 2.24) is 10.6 Å². The van der Waals surface area contributed by atoms with E-state index in [1.54, 1.807) is 24.3 Å². The second-order valence-corrected chi connectivity index (χ2v) is 6.48. The Morgan fingerprint density at radius 2 is 1.96 bits per heavy atom. The van der Waals surface area contributed by atoms with Gasteiger partial charge in [-0.25, -0.2) is 4.39 Å². The zero-order valence-electron chi connectivity index (χ0n) is 14.6. The average molecular weight is 355 g/mol. The van der Waals surface area contributed by atoms with Gasteiger partial charge in [0.1, 0.15) is 5.82 Å². The van der Waals surface area contributed by atoms with Gasteiger partial charge in [-0.1, -0.05) is 18.2 Å². The zero-order valence-corrected chi connectivity index (χ0v) is 14.6. The number of amides is 2. The Balaban J connectivity index is 1.74. The van der Waals surface area contributed by atoms with E-state index in [1.165, 1.54) is 18.2 Å². The van der Waals surface area contributed by atoms with Gasteiger partial charge < -0.3 is 16.0 Å². The quantitative estimate of drug-likeness (QED) is 0.790. The maximum absolute atomic E-state index is 13.8. The van der Waals surface area contributed by atoms with E-state index < -0.39 is 11.7 Å². The van der Waals surface area contributed by atoms with Gasteiger partial charge in [0, 0.05) is 23.8 Å². The molecule has 0 aromatic heterocycles. The summed E-state index contributed by atoms with van der Waals surface area (Å²) in [6.45, 7) is 3.56. The van der Waals surface area contributed by atoms with E-state index in [0.29, 0.717) is 11.3 Å². The van der Waals surface area contributed by atoms with Crippen LogP contribution in [-0.2, 0) is 0 Å². The smallest absolute Gasteiger partial charge is 0.258 e. The monoisotopic (exact) mass is 355 g/mol. The summed E-state index contributed by atoms with van der Waals surface area (Å²) in [4.78, 5) is 24.8. The third kappa shape index (κ3) is 4.26. The number of piperidine rings is 1. The van der Waals surface area contributed by atoms with E-state index in [2.05, 4.69) is 16.0 Å². The number of benzene rings is 2. The highest BCUT2D eigenvalue weighted by Gasteiger charge is 2.18. The Labute approximate surface area is 152 Å². The molecule has 6 heteroatoms. The summed E-state index contributed by atoms with van der Waals surface area (Å²) in [5.41, 5.74) is 1.72. The molecule has 0 bridgehead atoms. The van der Waals surface area contributed by atoms with E-state index in [-0.39, 0.29) is 17.5 Å². The molecule has 2 amide bonds. The molecule has 1 aliphatic heterocycles. The van der Waals surface area contributed by atoms with Crippen molar-refractivity contribution < 1.29 is 14.0 Å². The lowest BCUT2D eigenvalue weighted by atomic mass is 10.1. The molecule has 3 rings (SSSR count). The van der Waals surface area contributed by atoms with Crippen molar-refractivity contribution in [2.75, 3.05) is 18.4 Å². The molecule has 1 aliphatic rings. The van der Waals surface area contributed by atoms with E-state index in [4.69, 9.17) is 0 Å². The Hall–Kier alpha value is -2.73. The van der Waals surface area contributed by atoms with Gasteiger partial charge in [-0.3, -0.25) is 9.59 Å². The van der Waals surface area contributed by atoms with Crippen molar-refractivity contribution in [2.24, 2.45) is 0 Å². The molecule has 2 aromatic carbocycles. The van der Waals surface area contributed by atoms with Crippen LogP contribution in [0.25, 0.3) is 0 Å². The number of halogens is 1. The normalized spacial score (nSPS) is 16.8. The zero-order chi connectivity index (χ0) is 18.5. The maximum atomic E-state index is 13.8. The number of rotatable bonds is 4. The molecular weight excluding hydrogens is 333 g/mol. The molecule has 136 valence electrons. The number of hydrogen-bond donors (Lipinski definition) is 3. The fourth-order valence-electron chi connectivity index (χ4n) is 2.98. The molecule has 1 heterocycles. The van der Waals surface area contributed by atoms with Gasteiger partial charge in [0.2, 0.25) is 0 Å². The summed E-state index contributed by atoms with van der Waals surface area (Å²) in [7, 11) is 0. The van der Waals surface area contributed by atoms with Crippen LogP contribution in [0.3, 0.4) is 0 Å². The van der Waals surface area contributed by atoms with Crippen LogP contribution in [0.4, 0.5) is 10.1 Å². The first kappa shape index (κ1) is 18.1. The predicted octanol–water partition coefficient (Wildman–Crippen LogP) is 2.87. The minimum Gasteiger partial charge on any atom is -0.348 e. The highest BCUT2D eigenvalue weighted by molar-refractivity contribution is 6.05. The molecule has 26 heavy (non-hydrogen) atoms. The molecule has 0 spiro atoms. The van der Waals surface area contributed by atoms with Gasteiger partial charge in [0.05, 0.1) is 5.56 Å². The summed E-state index contributed by atoms with van der Waals surface area (Å²) in [6, 6.07) is 11.0. The van der Waals surface area contributed by atoms with Crippen molar-refractivity contribution in [1.29, 1.82) is 0 Å². The molecule has 3 N–H and O–H groups in total. The van der Waals surface area contributed by atoms with Crippen molar-refractivity contribution >= 4 is 17.5 Å². The molecule has 1 fully saturated rings. The molecular formula is C20H22FN3O2. The SMILES string of the molecule is Cc1ccc(C(=O)NC2CCCNC2)cc1NC(=O)c1ccccc1F. The average Bonchev–Trinajstić information content (AvgIpc) is 2.64. The molecule has 1 atom stereocenters. The number of hydrogen-bond acceptors (Lipinski definition) is 3. The molecule has 0 aliphatic carbocycles. The first-order valence-electron chi connectivity index (χ1n) is 8.72. The molecule has 5 nitrogen and oxygen atoms in total. The Bertz CT molecular complexity index is 816. The lowest BCUT2D eigenvalue weighted by molar-refractivity contribution is 0.0929.